The number of benzene rings is 1. The Labute approximate surface area is 130 Å². The van der Waals surface area contributed by atoms with Gasteiger partial charge in [-0.05, 0) is 47.0 Å². The molecule has 0 aromatic heterocycles. The van der Waals surface area contributed by atoms with E-state index in [-0.39, 0.29) is 0 Å². The van der Waals surface area contributed by atoms with Crippen LogP contribution in [0.5, 0.6) is 0 Å². The number of aliphatic carboxylic acids is 1. The van der Waals surface area contributed by atoms with Crippen molar-refractivity contribution in [2.24, 2.45) is 0 Å². The van der Waals surface area contributed by atoms with Crippen molar-refractivity contribution in [3.05, 3.63) is 33.3 Å². The fraction of sp³-hybridized carbons (Fsp3) is 0.385. The summed E-state index contributed by atoms with van der Waals surface area (Å²) in [5, 5.41) is 12.1. The predicted molar refractivity (Wildman–Crippen MR) is 79.2 cm³/mol. The van der Waals surface area contributed by atoms with Gasteiger partial charge < -0.3 is 15.2 Å². The summed E-state index contributed by atoms with van der Waals surface area (Å²) in [5.74, 6) is -1.53. The highest BCUT2D eigenvalue weighted by Crippen LogP contribution is 2.21. The molecular formula is C13H15BrClNO4. The van der Waals surface area contributed by atoms with Crippen LogP contribution in [0.4, 0.5) is 0 Å². The molecule has 0 aliphatic heterocycles. The van der Waals surface area contributed by atoms with Crippen molar-refractivity contribution in [1.29, 1.82) is 0 Å². The molecule has 110 valence electrons. The van der Waals surface area contributed by atoms with Gasteiger partial charge in [0.2, 0.25) is 0 Å². The minimum absolute atomic E-state index is 0.306. The number of carbonyl (C=O) groups is 2. The van der Waals surface area contributed by atoms with Gasteiger partial charge in [-0.25, -0.2) is 4.79 Å². The van der Waals surface area contributed by atoms with Crippen molar-refractivity contribution in [1.82, 2.24) is 5.32 Å². The average molecular weight is 365 g/mol. The maximum Gasteiger partial charge on any atom is 0.326 e. The van der Waals surface area contributed by atoms with Gasteiger partial charge in [-0.2, -0.15) is 0 Å². The zero-order chi connectivity index (χ0) is 15.1. The minimum Gasteiger partial charge on any atom is -0.480 e. The lowest BCUT2D eigenvalue weighted by molar-refractivity contribution is -0.139. The number of carboxylic acids is 1. The van der Waals surface area contributed by atoms with E-state index in [2.05, 4.69) is 21.2 Å². The van der Waals surface area contributed by atoms with Crippen LogP contribution in [-0.4, -0.2) is 36.7 Å². The Morgan fingerprint density at radius 3 is 2.75 bits per heavy atom. The smallest absolute Gasteiger partial charge is 0.326 e. The Hall–Kier alpha value is -1.11. The molecular weight excluding hydrogens is 350 g/mol. The maximum atomic E-state index is 12.0. The molecule has 1 amide bonds. The Balaban J connectivity index is 2.72. The van der Waals surface area contributed by atoms with Gasteiger partial charge in [0.1, 0.15) is 6.04 Å². The fourth-order valence-electron chi connectivity index (χ4n) is 1.60. The Morgan fingerprint density at radius 1 is 1.50 bits per heavy atom. The Morgan fingerprint density at radius 2 is 2.20 bits per heavy atom. The van der Waals surface area contributed by atoms with Crippen LogP contribution in [-0.2, 0) is 9.53 Å². The highest BCUT2D eigenvalue weighted by Gasteiger charge is 2.21. The van der Waals surface area contributed by atoms with E-state index in [1.54, 1.807) is 19.2 Å². The van der Waals surface area contributed by atoms with Crippen molar-refractivity contribution in [2.75, 3.05) is 13.7 Å². The normalized spacial score (nSPS) is 11.9. The molecule has 0 aliphatic carbocycles. The molecule has 1 aromatic carbocycles. The van der Waals surface area contributed by atoms with Gasteiger partial charge >= 0.3 is 5.97 Å². The first-order chi connectivity index (χ1) is 9.45. The van der Waals surface area contributed by atoms with Crippen LogP contribution in [0, 0.1) is 0 Å². The number of nitrogens with one attached hydrogen (secondary N) is 1. The van der Waals surface area contributed by atoms with E-state index in [0.717, 1.165) is 0 Å². The summed E-state index contributed by atoms with van der Waals surface area (Å²) in [6.45, 7) is 0.449. The van der Waals surface area contributed by atoms with Gasteiger partial charge in [0, 0.05) is 23.2 Å². The molecule has 0 aliphatic rings. The van der Waals surface area contributed by atoms with Gasteiger partial charge in [0.25, 0.3) is 5.91 Å². The predicted octanol–water partition coefficient (Wildman–Crippen LogP) is 2.71. The molecule has 0 bridgehead atoms. The van der Waals surface area contributed by atoms with Gasteiger partial charge in [-0.3, -0.25) is 4.79 Å². The third-order valence-corrected chi connectivity index (χ3v) is 3.51. The number of carbonyl (C=O) groups excluding carboxylic acids is 1. The van der Waals surface area contributed by atoms with E-state index in [1.807, 2.05) is 0 Å². The van der Waals surface area contributed by atoms with Crippen LogP contribution in [0.25, 0.3) is 0 Å². The van der Waals surface area contributed by atoms with Crippen LogP contribution >= 0.6 is 27.5 Å². The third-order valence-electron chi connectivity index (χ3n) is 2.62. The standard InChI is InChI=1S/C13H15BrClNO4/c1-20-6-2-3-11(13(18)19)16-12(17)9-5-4-8(15)7-10(9)14/h4-5,7,11H,2-3,6H2,1H3,(H,16,17)(H,18,19). The first-order valence-electron chi connectivity index (χ1n) is 5.93. The molecule has 0 saturated carbocycles. The van der Waals surface area contributed by atoms with Crippen LogP contribution < -0.4 is 5.32 Å². The lowest BCUT2D eigenvalue weighted by Gasteiger charge is -2.15. The van der Waals surface area contributed by atoms with Crippen molar-refractivity contribution in [2.45, 2.75) is 18.9 Å². The van der Waals surface area contributed by atoms with Crippen molar-refractivity contribution in [3.63, 3.8) is 0 Å². The second-order valence-electron chi connectivity index (χ2n) is 4.12. The maximum absolute atomic E-state index is 12.0. The molecule has 0 heterocycles. The van der Waals surface area contributed by atoms with E-state index < -0.39 is 17.9 Å². The second kappa shape index (κ2) is 8.24. The number of amides is 1. The molecule has 1 rings (SSSR count). The molecule has 20 heavy (non-hydrogen) atoms. The molecule has 1 atom stereocenters. The van der Waals surface area contributed by atoms with Gasteiger partial charge in [0.05, 0.1) is 5.56 Å². The summed E-state index contributed by atoms with van der Waals surface area (Å²) in [6, 6.07) is 3.75. The summed E-state index contributed by atoms with van der Waals surface area (Å²) < 4.78 is 5.38. The van der Waals surface area contributed by atoms with Gasteiger partial charge in [-0.1, -0.05) is 11.6 Å². The highest BCUT2D eigenvalue weighted by molar-refractivity contribution is 9.10. The van der Waals surface area contributed by atoms with Crippen molar-refractivity contribution < 1.29 is 19.4 Å². The number of carboxylic acid groups (broad SMARTS) is 1. The number of hydrogen-bond donors (Lipinski definition) is 2. The lowest BCUT2D eigenvalue weighted by Crippen LogP contribution is -2.41. The van der Waals surface area contributed by atoms with Crippen LogP contribution in [0.1, 0.15) is 23.2 Å². The van der Waals surface area contributed by atoms with E-state index in [0.29, 0.717) is 34.5 Å². The third kappa shape index (κ3) is 5.11. The van der Waals surface area contributed by atoms with Gasteiger partial charge in [0.15, 0.2) is 0 Å². The van der Waals surface area contributed by atoms with Crippen LogP contribution in [0.15, 0.2) is 22.7 Å². The van der Waals surface area contributed by atoms with E-state index in [1.165, 1.54) is 6.07 Å². The molecule has 2 N–H and O–H groups in total. The molecule has 1 aromatic rings. The highest BCUT2D eigenvalue weighted by atomic mass is 79.9. The zero-order valence-electron chi connectivity index (χ0n) is 10.9. The largest absolute Gasteiger partial charge is 0.480 e. The Kier molecular flexibility index (Phi) is 6.98. The summed E-state index contributed by atoms with van der Waals surface area (Å²) in [6.07, 6.45) is 0.857. The summed E-state index contributed by atoms with van der Waals surface area (Å²) >= 11 is 9.02. The van der Waals surface area contributed by atoms with Gasteiger partial charge in [-0.15, -0.1) is 0 Å². The number of rotatable bonds is 7. The lowest BCUT2D eigenvalue weighted by atomic mass is 10.1. The first kappa shape index (κ1) is 16.9. The Bertz CT molecular complexity index is 495. The van der Waals surface area contributed by atoms with E-state index in [9.17, 15) is 9.59 Å². The topological polar surface area (TPSA) is 75.6 Å². The molecule has 0 fully saturated rings. The second-order valence-corrected chi connectivity index (χ2v) is 5.41. The quantitative estimate of drug-likeness (QED) is 0.730. The number of methoxy groups -OCH3 is 1. The number of hydrogen-bond acceptors (Lipinski definition) is 3. The molecule has 0 spiro atoms. The zero-order valence-corrected chi connectivity index (χ0v) is 13.2. The van der Waals surface area contributed by atoms with Crippen molar-refractivity contribution in [3.8, 4) is 0 Å². The fourth-order valence-corrected chi connectivity index (χ4v) is 2.46. The monoisotopic (exact) mass is 363 g/mol. The summed E-state index contributed by atoms with van der Waals surface area (Å²) in [4.78, 5) is 23.2. The molecule has 0 radical (unpaired) electrons. The average Bonchev–Trinajstić information content (AvgIpc) is 2.37. The minimum atomic E-state index is -1.07. The van der Waals surface area contributed by atoms with E-state index in [4.69, 9.17) is 21.4 Å². The van der Waals surface area contributed by atoms with Crippen LogP contribution in [0.2, 0.25) is 5.02 Å². The number of ether oxygens (including phenoxy) is 1. The first-order valence-corrected chi connectivity index (χ1v) is 7.10. The SMILES string of the molecule is COCCCC(NC(=O)c1ccc(Cl)cc1Br)C(=O)O. The molecule has 5 nitrogen and oxygen atoms in total. The van der Waals surface area contributed by atoms with Crippen LogP contribution in [0.3, 0.4) is 0 Å². The summed E-state index contributed by atoms with van der Waals surface area (Å²) in [7, 11) is 1.54. The van der Waals surface area contributed by atoms with E-state index >= 15 is 0 Å². The molecule has 0 saturated heterocycles. The summed E-state index contributed by atoms with van der Waals surface area (Å²) in [5.41, 5.74) is 0.340. The number of halogens is 2. The van der Waals surface area contributed by atoms with Crippen molar-refractivity contribution >= 4 is 39.4 Å². The molecule has 1 unspecified atom stereocenters. The molecule has 7 heteroatoms.